The fourth-order valence-corrected chi connectivity index (χ4v) is 2.61. The van der Waals surface area contributed by atoms with Gasteiger partial charge in [-0.25, -0.2) is 4.39 Å². The van der Waals surface area contributed by atoms with E-state index in [0.29, 0.717) is 17.4 Å². The molecule has 2 atom stereocenters. The van der Waals surface area contributed by atoms with Crippen LogP contribution >= 0.6 is 0 Å². The number of aliphatic hydroxyl groups excluding tert-OH is 1. The van der Waals surface area contributed by atoms with Gasteiger partial charge in [0.2, 0.25) is 0 Å². The number of rotatable bonds is 7. The van der Waals surface area contributed by atoms with Crippen molar-refractivity contribution in [2.45, 2.75) is 24.8 Å². The van der Waals surface area contributed by atoms with Crippen molar-refractivity contribution in [2.24, 2.45) is 5.92 Å². The van der Waals surface area contributed by atoms with E-state index in [1.165, 1.54) is 18.2 Å². The zero-order chi connectivity index (χ0) is 13.5. The van der Waals surface area contributed by atoms with Gasteiger partial charge in [0, 0.05) is 11.4 Å². The van der Waals surface area contributed by atoms with E-state index >= 15 is 0 Å². The molecule has 0 fully saturated rings. The van der Waals surface area contributed by atoms with Gasteiger partial charge in [-0.05, 0) is 30.7 Å². The van der Waals surface area contributed by atoms with Gasteiger partial charge in [-0.15, -0.1) is 0 Å². The third-order valence-electron chi connectivity index (χ3n) is 2.34. The molecule has 0 saturated heterocycles. The van der Waals surface area contributed by atoms with Crippen LogP contribution in [0.2, 0.25) is 0 Å². The second-order valence-corrected chi connectivity index (χ2v) is 6.17. The molecule has 0 saturated carbocycles. The lowest BCUT2D eigenvalue weighted by Crippen LogP contribution is -2.33. The van der Waals surface area contributed by atoms with Crippen LogP contribution in [-0.4, -0.2) is 34.3 Å². The Kier molecular flexibility index (Phi) is 6.46. The van der Waals surface area contributed by atoms with E-state index in [1.54, 1.807) is 6.07 Å². The van der Waals surface area contributed by atoms with Crippen molar-refractivity contribution < 1.29 is 13.7 Å². The summed E-state index contributed by atoms with van der Waals surface area (Å²) in [5.41, 5.74) is 0. The lowest BCUT2D eigenvalue weighted by molar-refractivity contribution is 0.193. The van der Waals surface area contributed by atoms with E-state index < -0.39 is 22.7 Å². The van der Waals surface area contributed by atoms with E-state index in [0.717, 1.165) is 6.54 Å². The topological polar surface area (TPSA) is 49.3 Å². The van der Waals surface area contributed by atoms with Crippen molar-refractivity contribution in [2.75, 3.05) is 18.8 Å². The molecule has 0 bridgehead atoms. The molecule has 3 nitrogen and oxygen atoms in total. The summed E-state index contributed by atoms with van der Waals surface area (Å²) in [6.45, 7) is 5.36. The molecular formula is C13H20FNO2S. The number of aliphatic hydroxyl groups is 1. The van der Waals surface area contributed by atoms with Gasteiger partial charge in [-0.3, -0.25) is 4.21 Å². The Morgan fingerprint density at radius 2 is 2.11 bits per heavy atom. The highest BCUT2D eigenvalue weighted by atomic mass is 32.2. The minimum Gasteiger partial charge on any atom is -0.391 e. The summed E-state index contributed by atoms with van der Waals surface area (Å²) in [6, 6.07) is 5.67. The summed E-state index contributed by atoms with van der Waals surface area (Å²) in [5, 5.41) is 12.8. The predicted molar refractivity (Wildman–Crippen MR) is 71.4 cm³/mol. The van der Waals surface area contributed by atoms with Crippen molar-refractivity contribution in [3.63, 3.8) is 0 Å². The average Bonchev–Trinajstić information content (AvgIpc) is 2.28. The molecule has 0 aliphatic carbocycles. The molecule has 18 heavy (non-hydrogen) atoms. The van der Waals surface area contributed by atoms with Crippen molar-refractivity contribution in [3.05, 3.63) is 30.1 Å². The van der Waals surface area contributed by atoms with Crippen LogP contribution < -0.4 is 5.32 Å². The van der Waals surface area contributed by atoms with Crippen LogP contribution in [0.15, 0.2) is 29.2 Å². The minimum atomic E-state index is -1.37. The Hall–Kier alpha value is -0.780. The van der Waals surface area contributed by atoms with Gasteiger partial charge in [0.05, 0.1) is 22.7 Å². The Bertz CT molecular complexity index is 398. The quantitative estimate of drug-likeness (QED) is 0.792. The largest absolute Gasteiger partial charge is 0.391 e. The van der Waals surface area contributed by atoms with Gasteiger partial charge < -0.3 is 10.4 Å². The van der Waals surface area contributed by atoms with Crippen molar-refractivity contribution in [3.8, 4) is 0 Å². The van der Waals surface area contributed by atoms with E-state index in [1.807, 2.05) is 0 Å². The highest BCUT2D eigenvalue weighted by molar-refractivity contribution is 7.85. The summed E-state index contributed by atoms with van der Waals surface area (Å²) >= 11 is 0. The van der Waals surface area contributed by atoms with E-state index in [2.05, 4.69) is 19.2 Å². The third-order valence-corrected chi connectivity index (χ3v) is 3.80. The number of benzene rings is 1. The van der Waals surface area contributed by atoms with Gasteiger partial charge >= 0.3 is 0 Å². The SMILES string of the molecule is CC(C)CNCC(O)CS(=O)c1cccc(F)c1. The van der Waals surface area contributed by atoms with Gasteiger partial charge in [-0.2, -0.15) is 0 Å². The summed E-state index contributed by atoms with van der Waals surface area (Å²) in [6.07, 6.45) is -0.687. The number of nitrogens with one attached hydrogen (secondary N) is 1. The molecule has 0 aromatic heterocycles. The van der Waals surface area contributed by atoms with Crippen LogP contribution in [0.5, 0.6) is 0 Å². The summed E-state index contributed by atoms with van der Waals surface area (Å²) in [5.74, 6) is 0.216. The summed E-state index contributed by atoms with van der Waals surface area (Å²) in [7, 11) is -1.37. The van der Waals surface area contributed by atoms with Crippen LogP contribution in [0, 0.1) is 11.7 Å². The smallest absolute Gasteiger partial charge is 0.124 e. The number of halogens is 1. The van der Waals surface area contributed by atoms with Gasteiger partial charge in [-0.1, -0.05) is 19.9 Å². The molecule has 1 rings (SSSR count). The third kappa shape index (κ3) is 5.71. The Labute approximate surface area is 110 Å². The molecule has 0 spiro atoms. The van der Waals surface area contributed by atoms with Crippen LogP contribution in [0.1, 0.15) is 13.8 Å². The molecule has 5 heteroatoms. The maximum atomic E-state index is 12.9. The molecule has 0 amide bonds. The van der Waals surface area contributed by atoms with Crippen LogP contribution in [0.25, 0.3) is 0 Å². The zero-order valence-corrected chi connectivity index (χ0v) is 11.5. The second kappa shape index (κ2) is 7.61. The van der Waals surface area contributed by atoms with Crippen LogP contribution in [0.4, 0.5) is 4.39 Å². The molecule has 2 unspecified atom stereocenters. The van der Waals surface area contributed by atoms with E-state index in [4.69, 9.17) is 0 Å². The Morgan fingerprint density at radius 3 is 2.72 bits per heavy atom. The molecule has 0 radical (unpaired) electrons. The monoisotopic (exact) mass is 273 g/mol. The maximum absolute atomic E-state index is 12.9. The summed E-state index contributed by atoms with van der Waals surface area (Å²) in [4.78, 5) is 0.415. The van der Waals surface area contributed by atoms with Gasteiger partial charge in [0.25, 0.3) is 0 Å². The van der Waals surface area contributed by atoms with Gasteiger partial charge in [0.15, 0.2) is 0 Å². The normalized spacial score (nSPS) is 14.7. The highest BCUT2D eigenvalue weighted by Gasteiger charge is 2.11. The summed E-state index contributed by atoms with van der Waals surface area (Å²) < 4.78 is 24.8. The molecule has 0 heterocycles. The molecular weight excluding hydrogens is 253 g/mol. The molecule has 0 aliphatic rings. The number of hydrogen-bond acceptors (Lipinski definition) is 3. The maximum Gasteiger partial charge on any atom is 0.124 e. The molecule has 102 valence electrons. The highest BCUT2D eigenvalue weighted by Crippen LogP contribution is 2.09. The van der Waals surface area contributed by atoms with Crippen molar-refractivity contribution in [1.82, 2.24) is 5.32 Å². The Balaban J connectivity index is 2.40. The first-order valence-corrected chi connectivity index (χ1v) is 7.33. The first kappa shape index (κ1) is 15.3. The first-order valence-electron chi connectivity index (χ1n) is 6.01. The fourth-order valence-electron chi connectivity index (χ4n) is 1.48. The minimum absolute atomic E-state index is 0.120. The zero-order valence-electron chi connectivity index (χ0n) is 10.7. The van der Waals surface area contributed by atoms with Crippen molar-refractivity contribution >= 4 is 10.8 Å². The van der Waals surface area contributed by atoms with E-state index in [-0.39, 0.29) is 5.75 Å². The fraction of sp³-hybridized carbons (Fsp3) is 0.538. The lowest BCUT2D eigenvalue weighted by Gasteiger charge is -2.13. The van der Waals surface area contributed by atoms with Gasteiger partial charge in [0.1, 0.15) is 5.82 Å². The molecule has 2 N–H and O–H groups in total. The van der Waals surface area contributed by atoms with Crippen molar-refractivity contribution in [1.29, 1.82) is 0 Å². The van der Waals surface area contributed by atoms with E-state index in [9.17, 15) is 13.7 Å². The molecule has 1 aromatic rings. The van der Waals surface area contributed by atoms with Crippen LogP contribution in [0.3, 0.4) is 0 Å². The first-order chi connectivity index (χ1) is 8.49. The molecule has 0 aliphatic heterocycles. The average molecular weight is 273 g/mol. The number of hydrogen-bond donors (Lipinski definition) is 2. The van der Waals surface area contributed by atoms with Crippen LogP contribution in [-0.2, 0) is 10.8 Å². The second-order valence-electron chi connectivity index (χ2n) is 4.68. The lowest BCUT2D eigenvalue weighted by atomic mass is 10.2. The Morgan fingerprint density at radius 1 is 1.39 bits per heavy atom. The standard InChI is InChI=1S/C13H20FNO2S/c1-10(2)7-15-8-12(16)9-18(17)13-5-3-4-11(14)6-13/h3-6,10,12,15-16H,7-9H2,1-2H3. The predicted octanol–water partition coefficient (Wildman–Crippen LogP) is 1.54. The molecule has 1 aromatic carbocycles.